The van der Waals surface area contributed by atoms with Crippen LogP contribution >= 0.6 is 0 Å². The van der Waals surface area contributed by atoms with Gasteiger partial charge in [0, 0.05) is 30.1 Å². The Bertz CT molecular complexity index is 943. The summed E-state index contributed by atoms with van der Waals surface area (Å²) in [7, 11) is 3.31. The second-order valence-electron chi connectivity index (χ2n) is 7.15. The molecule has 0 saturated carbocycles. The smallest absolute Gasteiger partial charge is 0.162 e. The van der Waals surface area contributed by atoms with Gasteiger partial charge in [-0.1, -0.05) is 37.3 Å². The molecule has 1 unspecified atom stereocenters. The SMILES string of the molecule is COc1cc2nc(-c3ccccc3)nc(N3CCCC(C)C3)c2cc1OC. The summed E-state index contributed by atoms with van der Waals surface area (Å²) in [6.45, 7) is 4.32. The highest BCUT2D eigenvalue weighted by molar-refractivity contribution is 5.93. The zero-order valence-corrected chi connectivity index (χ0v) is 16.1. The van der Waals surface area contributed by atoms with Crippen LogP contribution in [0.3, 0.4) is 0 Å². The standard InChI is InChI=1S/C22H25N3O2/c1-15-8-7-11-25(14-15)22-17-12-19(26-2)20(27-3)13-18(17)23-21(24-22)16-9-5-4-6-10-16/h4-6,9-10,12-13,15H,7-8,11,14H2,1-3H3. The van der Waals surface area contributed by atoms with Crippen LogP contribution in [-0.4, -0.2) is 37.3 Å². The first kappa shape index (κ1) is 17.6. The fraction of sp³-hybridized carbons (Fsp3) is 0.364. The van der Waals surface area contributed by atoms with Crippen molar-refractivity contribution in [3.63, 3.8) is 0 Å². The molecule has 2 heterocycles. The highest BCUT2D eigenvalue weighted by atomic mass is 16.5. The largest absolute Gasteiger partial charge is 0.493 e. The molecular formula is C22H25N3O2. The Labute approximate surface area is 160 Å². The number of hydrogen-bond donors (Lipinski definition) is 0. The van der Waals surface area contributed by atoms with Crippen LogP contribution in [0.25, 0.3) is 22.3 Å². The summed E-state index contributed by atoms with van der Waals surface area (Å²) in [6, 6.07) is 14.1. The minimum Gasteiger partial charge on any atom is -0.493 e. The van der Waals surface area contributed by atoms with Crippen LogP contribution < -0.4 is 14.4 Å². The Morgan fingerprint density at radius 2 is 1.74 bits per heavy atom. The van der Waals surface area contributed by atoms with E-state index in [1.807, 2.05) is 42.5 Å². The van der Waals surface area contributed by atoms with Crippen LogP contribution in [0.15, 0.2) is 42.5 Å². The van der Waals surface area contributed by atoms with Crippen LogP contribution in [0.4, 0.5) is 5.82 Å². The van der Waals surface area contributed by atoms with Crippen molar-refractivity contribution in [1.29, 1.82) is 0 Å². The van der Waals surface area contributed by atoms with E-state index in [-0.39, 0.29) is 0 Å². The number of hydrogen-bond acceptors (Lipinski definition) is 5. The molecule has 0 bridgehead atoms. The number of nitrogens with zero attached hydrogens (tertiary/aromatic N) is 3. The third-order valence-corrected chi connectivity index (χ3v) is 5.17. The zero-order chi connectivity index (χ0) is 18.8. The van der Waals surface area contributed by atoms with E-state index < -0.39 is 0 Å². The molecule has 0 aliphatic carbocycles. The molecule has 1 aromatic heterocycles. The van der Waals surface area contributed by atoms with Crippen LogP contribution in [0.1, 0.15) is 19.8 Å². The van der Waals surface area contributed by atoms with Gasteiger partial charge in [0.05, 0.1) is 19.7 Å². The molecule has 140 valence electrons. The van der Waals surface area contributed by atoms with Crippen LogP contribution in [0, 0.1) is 5.92 Å². The van der Waals surface area contributed by atoms with E-state index in [2.05, 4.69) is 11.8 Å². The normalized spacial score (nSPS) is 17.1. The molecule has 5 nitrogen and oxygen atoms in total. The second-order valence-corrected chi connectivity index (χ2v) is 7.15. The minimum atomic E-state index is 0.657. The van der Waals surface area contributed by atoms with Gasteiger partial charge in [-0.25, -0.2) is 9.97 Å². The molecule has 3 aromatic rings. The zero-order valence-electron chi connectivity index (χ0n) is 16.1. The van der Waals surface area contributed by atoms with Crippen LogP contribution in [-0.2, 0) is 0 Å². The lowest BCUT2D eigenvalue weighted by atomic mass is 10.00. The number of benzene rings is 2. The number of aromatic nitrogens is 2. The van der Waals surface area contributed by atoms with Crippen molar-refractivity contribution in [2.45, 2.75) is 19.8 Å². The summed E-state index contributed by atoms with van der Waals surface area (Å²) in [5.41, 5.74) is 1.88. The van der Waals surface area contributed by atoms with Gasteiger partial charge in [-0.3, -0.25) is 0 Å². The van der Waals surface area contributed by atoms with Gasteiger partial charge in [-0.15, -0.1) is 0 Å². The summed E-state index contributed by atoms with van der Waals surface area (Å²) >= 11 is 0. The predicted octanol–water partition coefficient (Wildman–Crippen LogP) is 4.55. The van der Waals surface area contributed by atoms with Gasteiger partial charge < -0.3 is 14.4 Å². The second kappa shape index (κ2) is 7.43. The maximum Gasteiger partial charge on any atom is 0.162 e. The summed E-state index contributed by atoms with van der Waals surface area (Å²) in [4.78, 5) is 12.2. The number of anilines is 1. The fourth-order valence-electron chi connectivity index (χ4n) is 3.78. The average Bonchev–Trinajstić information content (AvgIpc) is 2.72. The molecule has 27 heavy (non-hydrogen) atoms. The first-order chi connectivity index (χ1) is 13.2. The van der Waals surface area contributed by atoms with Gasteiger partial charge in [0.15, 0.2) is 17.3 Å². The highest BCUT2D eigenvalue weighted by Crippen LogP contribution is 2.37. The van der Waals surface area contributed by atoms with Crippen molar-refractivity contribution in [1.82, 2.24) is 9.97 Å². The first-order valence-corrected chi connectivity index (χ1v) is 9.43. The molecule has 1 fully saturated rings. The van der Waals surface area contributed by atoms with Gasteiger partial charge in [0.2, 0.25) is 0 Å². The molecule has 4 rings (SSSR count). The number of methoxy groups -OCH3 is 2. The van der Waals surface area contributed by atoms with E-state index in [1.54, 1.807) is 14.2 Å². The third kappa shape index (κ3) is 3.42. The van der Waals surface area contributed by atoms with Gasteiger partial charge >= 0.3 is 0 Å². The molecule has 2 aromatic carbocycles. The molecule has 0 spiro atoms. The van der Waals surface area contributed by atoms with Crippen molar-refractivity contribution in [2.24, 2.45) is 5.92 Å². The molecule has 0 amide bonds. The van der Waals surface area contributed by atoms with Crippen molar-refractivity contribution < 1.29 is 9.47 Å². The van der Waals surface area contributed by atoms with Gasteiger partial charge in [-0.2, -0.15) is 0 Å². The lowest BCUT2D eigenvalue weighted by Crippen LogP contribution is -2.35. The van der Waals surface area contributed by atoms with Crippen molar-refractivity contribution in [3.8, 4) is 22.9 Å². The Balaban J connectivity index is 1.93. The van der Waals surface area contributed by atoms with Gasteiger partial charge in [-0.05, 0) is 24.8 Å². The van der Waals surface area contributed by atoms with E-state index in [1.165, 1.54) is 12.8 Å². The van der Waals surface area contributed by atoms with E-state index in [9.17, 15) is 0 Å². The van der Waals surface area contributed by atoms with Crippen molar-refractivity contribution in [2.75, 3.05) is 32.2 Å². The molecule has 0 radical (unpaired) electrons. The summed E-state index contributed by atoms with van der Waals surface area (Å²) in [6.07, 6.45) is 2.45. The lowest BCUT2D eigenvalue weighted by molar-refractivity contribution is 0.355. The number of fused-ring (bicyclic) bond motifs is 1. The predicted molar refractivity (Wildman–Crippen MR) is 109 cm³/mol. The first-order valence-electron chi connectivity index (χ1n) is 9.43. The molecule has 5 heteroatoms. The Hall–Kier alpha value is -2.82. The molecule has 1 aliphatic heterocycles. The topological polar surface area (TPSA) is 47.5 Å². The maximum absolute atomic E-state index is 5.52. The lowest BCUT2D eigenvalue weighted by Gasteiger charge is -2.32. The summed E-state index contributed by atoms with van der Waals surface area (Å²) < 4.78 is 11.0. The molecule has 1 saturated heterocycles. The Kier molecular flexibility index (Phi) is 4.84. The number of piperidine rings is 1. The summed E-state index contributed by atoms with van der Waals surface area (Å²) in [5, 5.41) is 1.00. The van der Waals surface area contributed by atoms with E-state index >= 15 is 0 Å². The van der Waals surface area contributed by atoms with E-state index in [0.29, 0.717) is 17.4 Å². The maximum atomic E-state index is 5.52. The Morgan fingerprint density at radius 1 is 1.00 bits per heavy atom. The minimum absolute atomic E-state index is 0.657. The van der Waals surface area contributed by atoms with E-state index in [4.69, 9.17) is 19.4 Å². The summed E-state index contributed by atoms with van der Waals surface area (Å²) in [5.74, 6) is 3.76. The van der Waals surface area contributed by atoms with Crippen molar-refractivity contribution >= 4 is 16.7 Å². The third-order valence-electron chi connectivity index (χ3n) is 5.17. The van der Waals surface area contributed by atoms with Crippen molar-refractivity contribution in [3.05, 3.63) is 42.5 Å². The molecule has 1 aliphatic rings. The molecular weight excluding hydrogens is 338 g/mol. The van der Waals surface area contributed by atoms with Gasteiger partial charge in [0.25, 0.3) is 0 Å². The van der Waals surface area contributed by atoms with Crippen LogP contribution in [0.5, 0.6) is 11.5 Å². The molecule has 1 atom stereocenters. The molecule has 0 N–H and O–H groups in total. The fourth-order valence-corrected chi connectivity index (χ4v) is 3.78. The number of ether oxygens (including phenoxy) is 2. The van der Waals surface area contributed by atoms with Gasteiger partial charge in [0.1, 0.15) is 5.82 Å². The average molecular weight is 363 g/mol. The Morgan fingerprint density at radius 3 is 2.44 bits per heavy atom. The van der Waals surface area contributed by atoms with E-state index in [0.717, 1.165) is 41.2 Å². The quantitative estimate of drug-likeness (QED) is 0.680. The monoisotopic (exact) mass is 363 g/mol. The van der Waals surface area contributed by atoms with Crippen LogP contribution in [0.2, 0.25) is 0 Å². The number of rotatable bonds is 4. The highest BCUT2D eigenvalue weighted by Gasteiger charge is 2.22.